The second-order valence-electron chi connectivity index (χ2n) is 7.65. The Balaban J connectivity index is 1.75. The first-order chi connectivity index (χ1) is 10.5. The molecule has 2 aliphatic carbocycles. The topological polar surface area (TPSA) is 70.0 Å². The fourth-order valence-corrected chi connectivity index (χ4v) is 5.20. The van der Waals surface area contributed by atoms with E-state index in [1.165, 1.54) is 0 Å². The molecule has 120 valence electrons. The van der Waals surface area contributed by atoms with Gasteiger partial charge in [-0.15, -0.1) is 0 Å². The third kappa shape index (κ3) is 1.84. The average Bonchev–Trinajstić information content (AvgIpc) is 2.78. The van der Waals surface area contributed by atoms with Crippen molar-refractivity contribution in [1.29, 1.82) is 0 Å². The summed E-state index contributed by atoms with van der Waals surface area (Å²) in [5, 5.41) is 10.1. The van der Waals surface area contributed by atoms with Gasteiger partial charge in [-0.3, -0.25) is 14.5 Å². The van der Waals surface area contributed by atoms with Gasteiger partial charge in [0.2, 0.25) is 5.91 Å². The summed E-state index contributed by atoms with van der Waals surface area (Å²) in [4.78, 5) is 31.2. The first kappa shape index (κ1) is 14.4. The normalized spacial score (nSPS) is 47.7. The standard InChI is InChI=1S/C17H24N2O3/c1-8-9(2)19-15(18-16(8)21)14-12(17(19)22)6-4-10-3-5-11(20)7-13(10)14/h8-14,20H,3-7H2,1-2H3/t8?,9-,10?,11?,12?,13?,14?/m0/s1. The fraction of sp³-hybridized carbons (Fsp3) is 0.824. The number of fused-ring (bicyclic) bond motifs is 5. The highest BCUT2D eigenvalue weighted by atomic mass is 16.3. The zero-order valence-electron chi connectivity index (χ0n) is 13.2. The van der Waals surface area contributed by atoms with Crippen LogP contribution in [0.3, 0.4) is 0 Å². The number of aliphatic hydroxyl groups is 1. The minimum Gasteiger partial charge on any atom is -0.393 e. The summed E-state index contributed by atoms with van der Waals surface area (Å²) in [5.41, 5.74) is 0. The number of hydrogen-bond donors (Lipinski definition) is 1. The number of amidine groups is 1. The first-order valence-corrected chi connectivity index (χ1v) is 8.62. The van der Waals surface area contributed by atoms with E-state index in [9.17, 15) is 14.7 Å². The van der Waals surface area contributed by atoms with Crippen LogP contribution in [0.4, 0.5) is 0 Å². The van der Waals surface area contributed by atoms with E-state index in [0.717, 1.165) is 37.9 Å². The van der Waals surface area contributed by atoms with Crippen LogP contribution in [0.25, 0.3) is 0 Å². The van der Waals surface area contributed by atoms with Gasteiger partial charge in [0.15, 0.2) is 0 Å². The third-order valence-corrected chi connectivity index (χ3v) is 6.61. The summed E-state index contributed by atoms with van der Waals surface area (Å²) >= 11 is 0. The van der Waals surface area contributed by atoms with Crippen molar-refractivity contribution in [3.8, 4) is 0 Å². The number of aliphatic imine (C=N–C) groups is 1. The molecule has 3 fully saturated rings. The number of rotatable bonds is 0. The minimum atomic E-state index is -0.264. The molecular formula is C17H24N2O3. The van der Waals surface area contributed by atoms with Gasteiger partial charge in [0.05, 0.1) is 12.0 Å². The Morgan fingerprint density at radius 2 is 1.86 bits per heavy atom. The van der Waals surface area contributed by atoms with Crippen molar-refractivity contribution >= 4 is 17.6 Å². The number of nitrogens with zero attached hydrogens (tertiary/aromatic N) is 2. The Hall–Kier alpha value is -1.23. The van der Waals surface area contributed by atoms with Crippen LogP contribution in [0.5, 0.6) is 0 Å². The Kier molecular flexibility index (Phi) is 3.19. The van der Waals surface area contributed by atoms with Gasteiger partial charge in [0.1, 0.15) is 5.84 Å². The minimum absolute atomic E-state index is 0.0224. The van der Waals surface area contributed by atoms with Crippen LogP contribution in [-0.4, -0.2) is 39.8 Å². The Labute approximate surface area is 130 Å². The molecule has 0 aromatic carbocycles. The van der Waals surface area contributed by atoms with Crippen molar-refractivity contribution in [3.05, 3.63) is 0 Å². The average molecular weight is 304 g/mol. The highest BCUT2D eigenvalue weighted by Gasteiger charge is 2.57. The first-order valence-electron chi connectivity index (χ1n) is 8.62. The van der Waals surface area contributed by atoms with Gasteiger partial charge in [0, 0.05) is 17.9 Å². The molecule has 2 amide bonds. The molecule has 5 nitrogen and oxygen atoms in total. The van der Waals surface area contributed by atoms with Crippen LogP contribution in [0, 0.1) is 29.6 Å². The lowest BCUT2D eigenvalue weighted by Gasteiger charge is -2.43. The molecule has 0 radical (unpaired) electrons. The molecule has 0 aromatic rings. The molecule has 0 bridgehead atoms. The van der Waals surface area contributed by atoms with Crippen molar-refractivity contribution in [2.24, 2.45) is 34.6 Å². The van der Waals surface area contributed by atoms with E-state index in [1.54, 1.807) is 0 Å². The third-order valence-electron chi connectivity index (χ3n) is 6.61. The summed E-state index contributed by atoms with van der Waals surface area (Å²) in [7, 11) is 0. The van der Waals surface area contributed by atoms with E-state index in [-0.39, 0.29) is 41.7 Å². The number of carbonyl (C=O) groups is 2. The van der Waals surface area contributed by atoms with Gasteiger partial charge < -0.3 is 5.11 Å². The molecule has 0 aromatic heterocycles. The van der Waals surface area contributed by atoms with Crippen molar-refractivity contribution < 1.29 is 14.7 Å². The van der Waals surface area contributed by atoms with E-state index in [4.69, 9.17) is 0 Å². The van der Waals surface area contributed by atoms with Crippen LogP contribution >= 0.6 is 0 Å². The zero-order valence-corrected chi connectivity index (χ0v) is 13.2. The van der Waals surface area contributed by atoms with E-state index >= 15 is 0 Å². The molecule has 2 heterocycles. The monoisotopic (exact) mass is 304 g/mol. The number of carbonyl (C=O) groups excluding carboxylic acids is 2. The quantitative estimate of drug-likeness (QED) is 0.739. The van der Waals surface area contributed by atoms with Crippen molar-refractivity contribution in [1.82, 2.24) is 4.90 Å². The van der Waals surface area contributed by atoms with Crippen LogP contribution in [-0.2, 0) is 9.59 Å². The second kappa shape index (κ2) is 4.88. The molecule has 22 heavy (non-hydrogen) atoms. The second-order valence-corrected chi connectivity index (χ2v) is 7.65. The fourth-order valence-electron chi connectivity index (χ4n) is 5.20. The summed E-state index contributed by atoms with van der Waals surface area (Å²) in [6.45, 7) is 3.81. The van der Waals surface area contributed by atoms with Crippen molar-refractivity contribution in [2.45, 2.75) is 58.1 Å². The van der Waals surface area contributed by atoms with E-state index in [0.29, 0.717) is 11.8 Å². The smallest absolute Gasteiger partial charge is 0.252 e. The van der Waals surface area contributed by atoms with Gasteiger partial charge in [-0.1, -0.05) is 6.92 Å². The highest BCUT2D eigenvalue weighted by Crippen LogP contribution is 2.51. The Bertz CT molecular complexity index is 558. The van der Waals surface area contributed by atoms with Crippen LogP contribution in [0.15, 0.2) is 4.99 Å². The van der Waals surface area contributed by atoms with Gasteiger partial charge >= 0.3 is 0 Å². The predicted molar refractivity (Wildman–Crippen MR) is 81.0 cm³/mol. The molecule has 5 heteroatoms. The molecule has 2 aliphatic heterocycles. The number of hydrogen-bond acceptors (Lipinski definition) is 3. The summed E-state index contributed by atoms with van der Waals surface area (Å²) in [6.07, 6.45) is 4.38. The maximum atomic E-state index is 12.9. The van der Waals surface area contributed by atoms with E-state index < -0.39 is 0 Å². The van der Waals surface area contributed by atoms with Crippen LogP contribution in [0.1, 0.15) is 46.0 Å². The zero-order chi connectivity index (χ0) is 15.6. The van der Waals surface area contributed by atoms with E-state index in [1.807, 2.05) is 18.7 Å². The summed E-state index contributed by atoms with van der Waals surface area (Å²) < 4.78 is 0. The van der Waals surface area contributed by atoms with Gasteiger partial charge in [0.25, 0.3) is 5.91 Å². The molecule has 1 saturated heterocycles. The SMILES string of the molecule is CC1C(=O)N=C2C3C(CCC4CCC(O)CC43)C(=O)N2[C@H]1C. The van der Waals surface area contributed by atoms with Crippen molar-refractivity contribution in [3.63, 3.8) is 0 Å². The molecule has 4 rings (SSSR count). The summed E-state index contributed by atoms with van der Waals surface area (Å²) in [5.74, 6) is 1.48. The lowest BCUT2D eigenvalue weighted by atomic mass is 9.61. The van der Waals surface area contributed by atoms with E-state index in [2.05, 4.69) is 4.99 Å². The van der Waals surface area contributed by atoms with Gasteiger partial charge in [-0.25, -0.2) is 0 Å². The molecule has 7 atom stereocenters. The maximum Gasteiger partial charge on any atom is 0.252 e. The molecule has 0 spiro atoms. The predicted octanol–water partition coefficient (Wildman–Crippen LogP) is 1.60. The van der Waals surface area contributed by atoms with Gasteiger partial charge in [-0.05, 0) is 50.9 Å². The largest absolute Gasteiger partial charge is 0.393 e. The number of amides is 2. The molecule has 2 saturated carbocycles. The lowest BCUT2D eigenvalue weighted by Crippen LogP contribution is -2.49. The summed E-state index contributed by atoms with van der Waals surface area (Å²) in [6, 6.07) is -0.0925. The Morgan fingerprint density at radius 3 is 2.64 bits per heavy atom. The number of aliphatic hydroxyl groups excluding tert-OH is 1. The Morgan fingerprint density at radius 1 is 1.14 bits per heavy atom. The molecular weight excluding hydrogens is 280 g/mol. The molecule has 6 unspecified atom stereocenters. The van der Waals surface area contributed by atoms with Crippen LogP contribution in [0.2, 0.25) is 0 Å². The van der Waals surface area contributed by atoms with Crippen LogP contribution < -0.4 is 0 Å². The molecule has 4 aliphatic rings. The van der Waals surface area contributed by atoms with Gasteiger partial charge in [-0.2, -0.15) is 4.99 Å². The van der Waals surface area contributed by atoms with Crippen molar-refractivity contribution in [2.75, 3.05) is 0 Å². The maximum absolute atomic E-state index is 12.9. The highest BCUT2D eigenvalue weighted by molar-refractivity contribution is 6.13. The molecule has 1 N–H and O–H groups in total. The lowest BCUT2D eigenvalue weighted by molar-refractivity contribution is -0.135.